The molecule has 196 valence electrons. The van der Waals surface area contributed by atoms with Crippen molar-refractivity contribution in [2.75, 3.05) is 0 Å². The van der Waals surface area contributed by atoms with Crippen LogP contribution in [0.2, 0.25) is 10.0 Å². The summed E-state index contributed by atoms with van der Waals surface area (Å²) >= 11 is 12.4. The maximum Gasteiger partial charge on any atom is 0.404 e. The second kappa shape index (κ2) is 7.62. The van der Waals surface area contributed by atoms with Crippen LogP contribution in [0.15, 0.2) is 11.0 Å². The van der Waals surface area contributed by atoms with E-state index in [4.69, 9.17) is 39.4 Å². The van der Waals surface area contributed by atoms with Gasteiger partial charge in [-0.3, -0.25) is 4.79 Å². The Morgan fingerprint density at radius 2 is 1.83 bits per heavy atom. The third-order valence-corrected chi connectivity index (χ3v) is 8.10. The average Bonchev–Trinajstić information content (AvgIpc) is 3.65. The Hall–Kier alpha value is -2.76. The minimum absolute atomic E-state index is 0.0357. The van der Waals surface area contributed by atoms with Crippen LogP contribution in [0, 0.1) is 17.2 Å². The van der Waals surface area contributed by atoms with E-state index in [1.165, 1.54) is 0 Å². The first-order valence-electron chi connectivity index (χ1n) is 10.4. The maximum atomic E-state index is 13.9. The summed E-state index contributed by atoms with van der Waals surface area (Å²) in [4.78, 5) is 21.3. The molecule has 0 bridgehead atoms. The van der Waals surface area contributed by atoms with Gasteiger partial charge in [0.05, 0.1) is 21.2 Å². The van der Waals surface area contributed by atoms with Gasteiger partial charge in [0.2, 0.25) is 5.91 Å². The van der Waals surface area contributed by atoms with Gasteiger partial charge in [-0.1, -0.05) is 42.6 Å². The Kier molecular flexibility index (Phi) is 5.57. The van der Waals surface area contributed by atoms with Gasteiger partial charge in [-0.2, -0.15) is 10.4 Å². The highest BCUT2D eigenvalue weighted by Gasteiger charge is 2.67. The van der Waals surface area contributed by atoms with E-state index >= 15 is 0 Å². The number of primary amides is 2. The summed E-state index contributed by atoms with van der Waals surface area (Å²) in [7, 11) is -10.2. The fourth-order valence-electron chi connectivity index (χ4n) is 4.20. The number of nitrogens with zero attached hydrogens (tertiary/aromatic N) is 3. The zero-order chi connectivity index (χ0) is 26.9. The number of aromatic nitrogens is 2. The van der Waals surface area contributed by atoms with Crippen LogP contribution in [-0.4, -0.2) is 21.8 Å². The molecule has 2 saturated carbocycles. The summed E-state index contributed by atoms with van der Waals surface area (Å²) in [6, 6.07) is 1.84. The number of ether oxygens (including phenoxy) is 1. The zero-order valence-electron chi connectivity index (χ0n) is 18.2. The van der Waals surface area contributed by atoms with Crippen LogP contribution < -0.4 is 11.5 Å². The van der Waals surface area contributed by atoms with Gasteiger partial charge in [0.1, 0.15) is 23.3 Å². The number of nitriles is 1. The molecule has 8 nitrogen and oxygen atoms in total. The highest BCUT2D eigenvalue weighted by atomic mass is 35.5. The van der Waals surface area contributed by atoms with Crippen LogP contribution in [0.1, 0.15) is 48.2 Å². The molecule has 0 radical (unpaired) electrons. The van der Waals surface area contributed by atoms with E-state index in [1.54, 1.807) is 6.07 Å². The lowest BCUT2D eigenvalue weighted by Gasteiger charge is -2.42. The maximum absolute atomic E-state index is 13.9. The monoisotopic (exact) mass is 573 g/mol. The molecule has 2 aliphatic rings. The summed E-state index contributed by atoms with van der Waals surface area (Å²) < 4.78 is 75.3. The molecule has 2 aromatic rings. The number of amides is 2. The fourth-order valence-corrected chi connectivity index (χ4v) is 6.01. The molecule has 0 aliphatic heterocycles. The quantitative estimate of drug-likeness (QED) is 0.386. The summed E-state index contributed by atoms with van der Waals surface area (Å²) in [5.74, 6) is -1.11. The van der Waals surface area contributed by atoms with Gasteiger partial charge in [-0.05, 0) is 49.7 Å². The molecule has 2 amide bonds. The molecular weight excluding hydrogens is 556 g/mol. The number of hydrogen-bond donors (Lipinski definition) is 2. The molecule has 16 heteroatoms. The van der Waals surface area contributed by atoms with Crippen molar-refractivity contribution in [2.45, 2.75) is 49.0 Å². The molecule has 0 spiro atoms. The van der Waals surface area contributed by atoms with Crippen molar-refractivity contribution < 1.29 is 33.8 Å². The SMILES string of the molecule is N#Cc1nn(-c2c(Cl)cc(S(F)(F)(F)(F)F)c(CC3CC3)c2Cl)c(COC(N)=O)c1C1(C(N)=O)CC1. The van der Waals surface area contributed by atoms with Gasteiger partial charge in [-0.25, -0.2) is 9.48 Å². The normalized spacial score (nSPS) is 18.6. The lowest BCUT2D eigenvalue weighted by atomic mass is 9.93. The van der Waals surface area contributed by atoms with Crippen molar-refractivity contribution in [1.82, 2.24) is 9.78 Å². The Morgan fingerprint density at radius 1 is 1.22 bits per heavy atom. The largest absolute Gasteiger partial charge is 0.443 e. The molecule has 36 heavy (non-hydrogen) atoms. The van der Waals surface area contributed by atoms with Gasteiger partial charge in [0.25, 0.3) is 0 Å². The van der Waals surface area contributed by atoms with E-state index in [9.17, 15) is 34.3 Å². The minimum atomic E-state index is -10.2. The molecule has 0 saturated heterocycles. The van der Waals surface area contributed by atoms with E-state index in [0.29, 0.717) is 12.8 Å². The zero-order valence-corrected chi connectivity index (χ0v) is 20.5. The molecule has 0 unspecified atom stereocenters. The van der Waals surface area contributed by atoms with Gasteiger partial charge in [0.15, 0.2) is 5.69 Å². The fraction of sp³-hybridized carbons (Fsp3) is 0.400. The smallest absolute Gasteiger partial charge is 0.404 e. The lowest BCUT2D eigenvalue weighted by molar-refractivity contribution is -0.120. The van der Waals surface area contributed by atoms with Crippen molar-refractivity contribution in [3.05, 3.63) is 38.6 Å². The number of carbonyl (C=O) groups is 2. The van der Waals surface area contributed by atoms with Crippen molar-refractivity contribution in [3.63, 3.8) is 0 Å². The first-order valence-corrected chi connectivity index (χ1v) is 13.1. The molecule has 2 aliphatic carbocycles. The number of rotatable bonds is 8. The van der Waals surface area contributed by atoms with Gasteiger partial charge < -0.3 is 16.2 Å². The van der Waals surface area contributed by atoms with E-state index in [1.807, 2.05) is 0 Å². The van der Waals surface area contributed by atoms with E-state index in [-0.39, 0.29) is 41.8 Å². The highest BCUT2D eigenvalue weighted by Crippen LogP contribution is 3.02. The number of benzene rings is 1. The Labute approximate surface area is 211 Å². The molecule has 0 atom stereocenters. The second-order valence-corrected chi connectivity index (χ2v) is 12.0. The average molecular weight is 574 g/mol. The summed E-state index contributed by atoms with van der Waals surface area (Å²) in [5, 5.41) is 12.1. The first kappa shape index (κ1) is 26.3. The Bertz CT molecular complexity index is 1370. The Morgan fingerprint density at radius 3 is 2.28 bits per heavy atom. The second-order valence-electron chi connectivity index (χ2n) is 8.86. The minimum Gasteiger partial charge on any atom is -0.443 e. The number of carbonyl (C=O) groups excluding carboxylic acids is 2. The van der Waals surface area contributed by atoms with Crippen molar-refractivity contribution in [2.24, 2.45) is 17.4 Å². The third-order valence-electron chi connectivity index (χ3n) is 6.21. The topological polar surface area (TPSA) is 137 Å². The highest BCUT2D eigenvalue weighted by molar-refractivity contribution is 8.45. The third kappa shape index (κ3) is 4.67. The summed E-state index contributed by atoms with van der Waals surface area (Å²) in [6.45, 7) is -0.692. The summed E-state index contributed by atoms with van der Waals surface area (Å²) in [6.07, 6.45) is -0.178. The molecule has 1 aromatic heterocycles. The van der Waals surface area contributed by atoms with Crippen LogP contribution in [0.3, 0.4) is 0 Å². The van der Waals surface area contributed by atoms with Crippen molar-refractivity contribution in [1.29, 1.82) is 5.26 Å². The number of nitrogens with two attached hydrogens (primary N) is 2. The van der Waals surface area contributed by atoms with Crippen LogP contribution in [0.25, 0.3) is 5.69 Å². The van der Waals surface area contributed by atoms with Crippen LogP contribution in [0.5, 0.6) is 0 Å². The predicted molar refractivity (Wildman–Crippen MR) is 121 cm³/mol. The van der Waals surface area contributed by atoms with Crippen molar-refractivity contribution in [3.8, 4) is 11.8 Å². The van der Waals surface area contributed by atoms with Gasteiger partial charge >= 0.3 is 16.3 Å². The Balaban J connectivity index is 2.04. The van der Waals surface area contributed by atoms with E-state index < -0.39 is 66.9 Å². The molecule has 2 fully saturated rings. The standard InChI is InChI=1S/C20H18Cl2F5N5O3S/c21-11-6-14(36(23,24,25,26)27)10(5-9-1-2-9)16(22)17(11)32-13(8-35-19(30)34)15(12(7-28)31-32)20(3-4-20)18(29)33/h6,9H,1-5,8H2,(H2,29,33)(H2,30,34). The molecule has 1 heterocycles. The van der Waals surface area contributed by atoms with Gasteiger partial charge in [0, 0.05) is 5.56 Å². The number of halogens is 7. The summed E-state index contributed by atoms with van der Waals surface area (Å²) in [5.41, 5.74) is 7.33. The van der Waals surface area contributed by atoms with Crippen LogP contribution >= 0.6 is 33.4 Å². The molecule has 4 N–H and O–H groups in total. The lowest BCUT2D eigenvalue weighted by Crippen LogP contribution is -2.30. The predicted octanol–water partition coefficient (Wildman–Crippen LogP) is 5.77. The molecule has 4 rings (SSSR count). The van der Waals surface area contributed by atoms with Gasteiger partial charge in [-0.15, -0.1) is 0 Å². The molecule has 1 aromatic carbocycles. The van der Waals surface area contributed by atoms with Crippen molar-refractivity contribution >= 4 is 45.4 Å². The number of hydrogen-bond acceptors (Lipinski definition) is 5. The van der Waals surface area contributed by atoms with E-state index in [0.717, 1.165) is 4.68 Å². The first-order chi connectivity index (χ1) is 16.4. The van der Waals surface area contributed by atoms with E-state index in [2.05, 4.69) is 5.10 Å². The molecular formula is C20H18Cl2F5N5O3S. The van der Waals surface area contributed by atoms with Crippen LogP contribution in [0.4, 0.5) is 24.2 Å². The van der Waals surface area contributed by atoms with Crippen LogP contribution in [-0.2, 0) is 28.0 Å².